The molecule has 0 unspecified atom stereocenters. The topological polar surface area (TPSA) is 70.8 Å². The van der Waals surface area contributed by atoms with Gasteiger partial charge in [0.25, 0.3) is 0 Å². The Morgan fingerprint density at radius 3 is 2.56 bits per heavy atom. The van der Waals surface area contributed by atoms with Crippen molar-refractivity contribution in [2.45, 2.75) is 26.6 Å². The van der Waals surface area contributed by atoms with Crippen molar-refractivity contribution in [3.05, 3.63) is 65.9 Å². The molecule has 2 aromatic carbocycles. The second-order valence-electron chi connectivity index (χ2n) is 6.16. The summed E-state index contributed by atoms with van der Waals surface area (Å²) < 4.78 is 21.6. The third-order valence-corrected chi connectivity index (χ3v) is 3.73. The van der Waals surface area contributed by atoms with Crippen molar-refractivity contribution in [2.75, 3.05) is 7.11 Å². The van der Waals surface area contributed by atoms with Gasteiger partial charge in [-0.25, -0.2) is 4.79 Å². The Morgan fingerprint density at radius 2 is 1.85 bits per heavy atom. The molecule has 0 aliphatic carbocycles. The van der Waals surface area contributed by atoms with Gasteiger partial charge in [-0.05, 0) is 32.0 Å². The van der Waals surface area contributed by atoms with Crippen LogP contribution >= 0.6 is 0 Å². The second-order valence-corrected chi connectivity index (χ2v) is 6.16. The molecule has 1 heterocycles. The SMILES string of the molecule is COc1cc(C(=O)OCc2cc(-c3ccccc3)on2)ccc1OC(C)C. The molecule has 0 bridgehead atoms. The van der Waals surface area contributed by atoms with Crippen molar-refractivity contribution in [3.8, 4) is 22.8 Å². The van der Waals surface area contributed by atoms with Gasteiger partial charge in [-0.3, -0.25) is 0 Å². The van der Waals surface area contributed by atoms with Crippen molar-refractivity contribution in [2.24, 2.45) is 0 Å². The average molecular weight is 367 g/mol. The average Bonchev–Trinajstić information content (AvgIpc) is 3.16. The monoisotopic (exact) mass is 367 g/mol. The fraction of sp³-hybridized carbons (Fsp3) is 0.238. The predicted molar refractivity (Wildman–Crippen MR) is 99.8 cm³/mol. The summed E-state index contributed by atoms with van der Waals surface area (Å²) in [4.78, 5) is 12.3. The van der Waals surface area contributed by atoms with Crippen LogP contribution in [0.15, 0.2) is 59.1 Å². The molecule has 6 heteroatoms. The third-order valence-electron chi connectivity index (χ3n) is 3.73. The summed E-state index contributed by atoms with van der Waals surface area (Å²) in [7, 11) is 1.53. The molecule has 27 heavy (non-hydrogen) atoms. The molecule has 3 aromatic rings. The molecule has 0 aliphatic heterocycles. The van der Waals surface area contributed by atoms with Gasteiger partial charge in [-0.1, -0.05) is 35.5 Å². The standard InChI is InChI=1S/C21H21NO5/c1-14(2)26-18-10-9-16(11-20(18)24-3)21(23)25-13-17-12-19(27-22-17)15-7-5-4-6-8-15/h4-12,14H,13H2,1-3H3. The van der Waals surface area contributed by atoms with Crippen LogP contribution < -0.4 is 9.47 Å². The zero-order valence-corrected chi connectivity index (χ0v) is 15.5. The number of benzene rings is 2. The fourth-order valence-corrected chi connectivity index (χ4v) is 2.49. The number of hydrogen-bond donors (Lipinski definition) is 0. The van der Waals surface area contributed by atoms with Crippen LogP contribution in [0.4, 0.5) is 0 Å². The van der Waals surface area contributed by atoms with Crippen LogP contribution in [0.3, 0.4) is 0 Å². The first-order chi connectivity index (χ1) is 13.1. The van der Waals surface area contributed by atoms with Crippen LogP contribution in [-0.2, 0) is 11.3 Å². The van der Waals surface area contributed by atoms with E-state index in [1.165, 1.54) is 7.11 Å². The molecule has 0 spiro atoms. The molecule has 0 saturated heterocycles. The summed E-state index contributed by atoms with van der Waals surface area (Å²) in [5.74, 6) is 1.20. The molecule has 0 amide bonds. The number of hydrogen-bond acceptors (Lipinski definition) is 6. The zero-order valence-electron chi connectivity index (χ0n) is 15.5. The lowest BCUT2D eigenvalue weighted by Crippen LogP contribution is -2.09. The van der Waals surface area contributed by atoms with E-state index in [4.69, 9.17) is 18.7 Å². The minimum Gasteiger partial charge on any atom is -0.493 e. The van der Waals surface area contributed by atoms with Crippen molar-refractivity contribution < 1.29 is 23.5 Å². The maximum atomic E-state index is 12.3. The molecule has 140 valence electrons. The molecule has 3 rings (SSSR count). The van der Waals surface area contributed by atoms with Crippen molar-refractivity contribution in [1.29, 1.82) is 0 Å². The van der Waals surface area contributed by atoms with Crippen LogP contribution in [0.5, 0.6) is 11.5 Å². The van der Waals surface area contributed by atoms with E-state index in [2.05, 4.69) is 5.16 Å². The van der Waals surface area contributed by atoms with E-state index in [1.54, 1.807) is 24.3 Å². The predicted octanol–water partition coefficient (Wildman–Crippen LogP) is 4.49. The molecule has 0 saturated carbocycles. The van der Waals surface area contributed by atoms with E-state index in [1.807, 2.05) is 44.2 Å². The highest BCUT2D eigenvalue weighted by molar-refractivity contribution is 5.90. The summed E-state index contributed by atoms with van der Waals surface area (Å²) in [5.41, 5.74) is 1.82. The van der Waals surface area contributed by atoms with Crippen LogP contribution in [0.2, 0.25) is 0 Å². The van der Waals surface area contributed by atoms with E-state index in [0.717, 1.165) is 5.56 Å². The molecule has 0 atom stereocenters. The smallest absolute Gasteiger partial charge is 0.338 e. The minimum atomic E-state index is -0.478. The maximum Gasteiger partial charge on any atom is 0.338 e. The van der Waals surface area contributed by atoms with E-state index in [-0.39, 0.29) is 12.7 Å². The Labute approximate surface area is 157 Å². The van der Waals surface area contributed by atoms with E-state index < -0.39 is 5.97 Å². The fourth-order valence-electron chi connectivity index (χ4n) is 2.49. The number of nitrogens with zero attached hydrogens (tertiary/aromatic N) is 1. The van der Waals surface area contributed by atoms with Crippen LogP contribution in [0.25, 0.3) is 11.3 Å². The van der Waals surface area contributed by atoms with Gasteiger partial charge in [0.1, 0.15) is 12.3 Å². The van der Waals surface area contributed by atoms with Gasteiger partial charge in [0.15, 0.2) is 17.3 Å². The Kier molecular flexibility index (Phi) is 5.76. The molecular formula is C21H21NO5. The minimum absolute atomic E-state index is 0.00248. The van der Waals surface area contributed by atoms with Crippen LogP contribution in [0, 0.1) is 0 Å². The van der Waals surface area contributed by atoms with Gasteiger partial charge in [0.05, 0.1) is 18.8 Å². The molecule has 0 aliphatic rings. The molecule has 6 nitrogen and oxygen atoms in total. The summed E-state index contributed by atoms with van der Waals surface area (Å²) in [6.07, 6.45) is 0.00248. The highest BCUT2D eigenvalue weighted by atomic mass is 16.5. The van der Waals surface area contributed by atoms with Gasteiger partial charge in [-0.15, -0.1) is 0 Å². The van der Waals surface area contributed by atoms with Crippen LogP contribution in [0.1, 0.15) is 29.9 Å². The maximum absolute atomic E-state index is 12.3. The number of esters is 1. The second kappa shape index (κ2) is 8.40. The highest BCUT2D eigenvalue weighted by Gasteiger charge is 2.14. The van der Waals surface area contributed by atoms with E-state index in [0.29, 0.717) is 28.5 Å². The molecule has 0 fully saturated rings. The first-order valence-corrected chi connectivity index (χ1v) is 8.59. The van der Waals surface area contributed by atoms with E-state index in [9.17, 15) is 4.79 Å². The van der Waals surface area contributed by atoms with Crippen molar-refractivity contribution in [3.63, 3.8) is 0 Å². The van der Waals surface area contributed by atoms with Gasteiger partial charge < -0.3 is 18.7 Å². The number of rotatable bonds is 7. The zero-order chi connectivity index (χ0) is 19.2. The van der Waals surface area contributed by atoms with Gasteiger partial charge in [0.2, 0.25) is 0 Å². The highest BCUT2D eigenvalue weighted by Crippen LogP contribution is 2.29. The quantitative estimate of drug-likeness (QED) is 0.573. The first kappa shape index (κ1) is 18.5. The number of carbonyl (C=O) groups is 1. The lowest BCUT2D eigenvalue weighted by atomic mass is 10.2. The largest absolute Gasteiger partial charge is 0.493 e. The Morgan fingerprint density at radius 1 is 1.07 bits per heavy atom. The summed E-state index contributed by atoms with van der Waals surface area (Å²) in [6, 6.07) is 16.3. The first-order valence-electron chi connectivity index (χ1n) is 8.59. The van der Waals surface area contributed by atoms with Crippen LogP contribution in [-0.4, -0.2) is 24.3 Å². The van der Waals surface area contributed by atoms with Gasteiger partial charge in [0, 0.05) is 11.6 Å². The normalized spacial score (nSPS) is 10.7. The summed E-state index contributed by atoms with van der Waals surface area (Å²) in [5, 5.41) is 3.94. The number of ether oxygens (including phenoxy) is 3. The Hall–Kier alpha value is -3.28. The number of aromatic nitrogens is 1. The molecular weight excluding hydrogens is 346 g/mol. The van der Waals surface area contributed by atoms with Gasteiger partial charge >= 0.3 is 5.97 Å². The summed E-state index contributed by atoms with van der Waals surface area (Å²) >= 11 is 0. The van der Waals surface area contributed by atoms with Crippen molar-refractivity contribution >= 4 is 5.97 Å². The summed E-state index contributed by atoms with van der Waals surface area (Å²) in [6.45, 7) is 3.86. The number of carbonyl (C=O) groups excluding carboxylic acids is 1. The lowest BCUT2D eigenvalue weighted by molar-refractivity contribution is 0.0464. The molecule has 1 aromatic heterocycles. The van der Waals surface area contributed by atoms with Gasteiger partial charge in [-0.2, -0.15) is 0 Å². The third kappa shape index (κ3) is 4.67. The van der Waals surface area contributed by atoms with E-state index >= 15 is 0 Å². The lowest BCUT2D eigenvalue weighted by Gasteiger charge is -2.14. The Bertz CT molecular complexity index is 902. The Balaban J connectivity index is 1.65. The molecule has 0 N–H and O–H groups in total. The van der Waals surface area contributed by atoms with Crippen molar-refractivity contribution in [1.82, 2.24) is 5.16 Å². The molecule has 0 radical (unpaired) electrons. The number of methoxy groups -OCH3 is 1.